The number of pyridine rings is 1. The summed E-state index contributed by atoms with van der Waals surface area (Å²) < 4.78 is 18.6. The molecule has 0 saturated carbocycles. The predicted molar refractivity (Wildman–Crippen MR) is 88.5 cm³/mol. The normalized spacial score (nSPS) is 11.7. The highest BCUT2D eigenvalue weighted by Gasteiger charge is 2.20. The summed E-state index contributed by atoms with van der Waals surface area (Å²) in [4.78, 5) is 27.7. The Balaban J connectivity index is 1.93. The summed E-state index contributed by atoms with van der Waals surface area (Å²) in [5, 5.41) is 3.02. The van der Waals surface area contributed by atoms with Crippen molar-refractivity contribution in [2.75, 3.05) is 5.32 Å². The van der Waals surface area contributed by atoms with Gasteiger partial charge in [-0.25, -0.2) is 9.37 Å². The van der Waals surface area contributed by atoms with Gasteiger partial charge in [0.1, 0.15) is 11.6 Å². The first kappa shape index (κ1) is 18.2. The van der Waals surface area contributed by atoms with Gasteiger partial charge in [0.25, 0.3) is 5.91 Å². The number of ether oxygens (including phenoxy) is 1. The summed E-state index contributed by atoms with van der Waals surface area (Å²) >= 11 is 11.5. The molecule has 0 aliphatic carbocycles. The lowest BCUT2D eigenvalue weighted by Crippen LogP contribution is -2.30. The molecule has 0 spiro atoms. The van der Waals surface area contributed by atoms with Crippen LogP contribution < -0.4 is 5.32 Å². The molecule has 0 saturated heterocycles. The maximum Gasteiger partial charge on any atom is 0.311 e. The molecule has 0 aliphatic heterocycles. The molecule has 1 aromatic carbocycles. The van der Waals surface area contributed by atoms with Crippen LogP contribution in [0, 0.1) is 5.82 Å². The van der Waals surface area contributed by atoms with E-state index < -0.39 is 23.8 Å². The van der Waals surface area contributed by atoms with Gasteiger partial charge in [0.15, 0.2) is 6.10 Å². The monoisotopic (exact) mass is 370 g/mol. The minimum Gasteiger partial charge on any atom is -0.452 e. The first-order valence-corrected chi connectivity index (χ1v) is 7.67. The third-order valence-electron chi connectivity index (χ3n) is 3.04. The Kier molecular flexibility index (Phi) is 6.11. The van der Waals surface area contributed by atoms with Crippen LogP contribution in [0.4, 0.5) is 10.2 Å². The van der Waals surface area contributed by atoms with Gasteiger partial charge in [-0.05, 0) is 31.2 Å². The van der Waals surface area contributed by atoms with Gasteiger partial charge in [-0.1, -0.05) is 29.3 Å². The summed E-state index contributed by atoms with van der Waals surface area (Å²) in [6.45, 7) is 1.39. The maximum absolute atomic E-state index is 13.6. The van der Waals surface area contributed by atoms with E-state index in [1.807, 2.05) is 0 Å². The molecule has 1 unspecified atom stereocenters. The van der Waals surface area contributed by atoms with Crippen molar-refractivity contribution in [2.45, 2.75) is 19.4 Å². The SMILES string of the molecule is CC(OC(=O)Cc1c(F)cccc1Cl)C(=O)Nc1ccc(Cl)cn1. The fraction of sp³-hybridized carbons (Fsp3) is 0.188. The number of aromatic nitrogens is 1. The Morgan fingerprint density at radius 1 is 1.29 bits per heavy atom. The number of anilines is 1. The first-order valence-electron chi connectivity index (χ1n) is 6.91. The summed E-state index contributed by atoms with van der Waals surface area (Å²) in [6.07, 6.45) is -0.0865. The highest BCUT2D eigenvalue weighted by molar-refractivity contribution is 6.31. The largest absolute Gasteiger partial charge is 0.452 e. The van der Waals surface area contributed by atoms with Gasteiger partial charge in [-0.2, -0.15) is 0 Å². The number of rotatable bonds is 5. The Morgan fingerprint density at radius 3 is 2.67 bits per heavy atom. The molecular formula is C16H13Cl2FN2O3. The Hall–Kier alpha value is -2.18. The molecule has 0 fully saturated rings. The van der Waals surface area contributed by atoms with E-state index in [1.54, 1.807) is 6.07 Å². The molecular weight excluding hydrogens is 358 g/mol. The number of hydrogen-bond donors (Lipinski definition) is 1. The second-order valence-corrected chi connectivity index (χ2v) is 5.70. The molecule has 1 N–H and O–H groups in total. The van der Waals surface area contributed by atoms with Crippen LogP contribution in [-0.4, -0.2) is 23.0 Å². The van der Waals surface area contributed by atoms with Crippen LogP contribution in [0.25, 0.3) is 0 Å². The molecule has 2 rings (SSSR count). The molecule has 5 nitrogen and oxygen atoms in total. The molecule has 0 aliphatic rings. The van der Waals surface area contributed by atoms with Crippen LogP contribution in [-0.2, 0) is 20.7 Å². The fourth-order valence-electron chi connectivity index (χ4n) is 1.82. The summed E-state index contributed by atoms with van der Waals surface area (Å²) in [6, 6.07) is 7.16. The zero-order valence-corrected chi connectivity index (χ0v) is 14.1. The fourth-order valence-corrected chi connectivity index (χ4v) is 2.16. The molecule has 1 atom stereocenters. The maximum atomic E-state index is 13.6. The molecule has 1 heterocycles. The van der Waals surface area contributed by atoms with Crippen molar-refractivity contribution in [3.63, 3.8) is 0 Å². The summed E-state index contributed by atoms with van der Waals surface area (Å²) in [5.41, 5.74) is 0.0242. The van der Waals surface area contributed by atoms with Crippen LogP contribution in [0.15, 0.2) is 36.5 Å². The minimum atomic E-state index is -1.08. The number of hydrogen-bond acceptors (Lipinski definition) is 4. The topological polar surface area (TPSA) is 68.3 Å². The molecule has 0 radical (unpaired) electrons. The van der Waals surface area contributed by atoms with Gasteiger partial charge in [0.05, 0.1) is 11.4 Å². The Bertz CT molecular complexity index is 733. The lowest BCUT2D eigenvalue weighted by atomic mass is 10.1. The quantitative estimate of drug-likeness (QED) is 0.815. The second kappa shape index (κ2) is 8.08. The van der Waals surface area contributed by atoms with E-state index in [1.165, 1.54) is 37.4 Å². The molecule has 0 bridgehead atoms. The Morgan fingerprint density at radius 2 is 2.04 bits per heavy atom. The molecule has 1 aromatic heterocycles. The number of esters is 1. The minimum absolute atomic E-state index is 0.0242. The van der Waals surface area contributed by atoms with E-state index in [0.29, 0.717) is 5.02 Å². The number of amides is 1. The van der Waals surface area contributed by atoms with Crippen LogP contribution >= 0.6 is 23.2 Å². The van der Waals surface area contributed by atoms with Gasteiger partial charge in [-0.15, -0.1) is 0 Å². The van der Waals surface area contributed by atoms with Crippen molar-refractivity contribution in [1.82, 2.24) is 4.98 Å². The average molecular weight is 371 g/mol. The van der Waals surface area contributed by atoms with Gasteiger partial charge in [0.2, 0.25) is 0 Å². The number of carbonyl (C=O) groups is 2. The van der Waals surface area contributed by atoms with Crippen molar-refractivity contribution >= 4 is 40.9 Å². The number of halogens is 3. The highest BCUT2D eigenvalue weighted by Crippen LogP contribution is 2.20. The zero-order chi connectivity index (χ0) is 17.7. The van der Waals surface area contributed by atoms with E-state index in [2.05, 4.69) is 10.3 Å². The Labute approximate surface area is 147 Å². The van der Waals surface area contributed by atoms with Crippen molar-refractivity contribution in [2.24, 2.45) is 0 Å². The van der Waals surface area contributed by atoms with Crippen molar-refractivity contribution in [3.8, 4) is 0 Å². The van der Waals surface area contributed by atoms with Crippen LogP contribution in [0.5, 0.6) is 0 Å². The van der Waals surface area contributed by atoms with Crippen LogP contribution in [0.2, 0.25) is 10.0 Å². The third-order valence-corrected chi connectivity index (χ3v) is 3.62. The second-order valence-electron chi connectivity index (χ2n) is 4.86. The lowest BCUT2D eigenvalue weighted by molar-refractivity contribution is -0.152. The molecule has 2 aromatic rings. The standard InChI is InChI=1S/C16H13Cl2FN2O3/c1-9(16(23)21-14-6-5-10(17)8-20-14)24-15(22)7-11-12(18)3-2-4-13(11)19/h2-6,8-9H,7H2,1H3,(H,20,21,23). The predicted octanol–water partition coefficient (Wildman–Crippen LogP) is 3.64. The lowest BCUT2D eigenvalue weighted by Gasteiger charge is -2.13. The zero-order valence-electron chi connectivity index (χ0n) is 12.6. The number of nitrogens with one attached hydrogen (secondary N) is 1. The number of carbonyl (C=O) groups excluding carboxylic acids is 2. The third kappa shape index (κ3) is 4.91. The highest BCUT2D eigenvalue weighted by atomic mass is 35.5. The van der Waals surface area contributed by atoms with E-state index in [4.69, 9.17) is 27.9 Å². The molecule has 24 heavy (non-hydrogen) atoms. The van der Waals surface area contributed by atoms with Crippen molar-refractivity contribution in [3.05, 3.63) is 58.0 Å². The molecule has 8 heteroatoms. The van der Waals surface area contributed by atoms with Crippen LogP contribution in [0.1, 0.15) is 12.5 Å². The van der Waals surface area contributed by atoms with Crippen molar-refractivity contribution in [1.29, 1.82) is 0 Å². The summed E-state index contributed by atoms with van der Waals surface area (Å²) in [5.74, 6) is -1.68. The number of nitrogens with zero attached hydrogens (tertiary/aromatic N) is 1. The van der Waals surface area contributed by atoms with Crippen LogP contribution in [0.3, 0.4) is 0 Å². The smallest absolute Gasteiger partial charge is 0.311 e. The van der Waals surface area contributed by atoms with E-state index >= 15 is 0 Å². The number of benzene rings is 1. The first-order chi connectivity index (χ1) is 11.4. The van der Waals surface area contributed by atoms with Gasteiger partial charge < -0.3 is 10.1 Å². The molecule has 126 valence electrons. The van der Waals surface area contributed by atoms with Gasteiger partial charge in [-0.3, -0.25) is 9.59 Å². The molecule has 1 amide bonds. The van der Waals surface area contributed by atoms with Gasteiger partial charge >= 0.3 is 5.97 Å². The summed E-state index contributed by atoms with van der Waals surface area (Å²) in [7, 11) is 0. The van der Waals surface area contributed by atoms with E-state index in [-0.39, 0.29) is 22.8 Å². The van der Waals surface area contributed by atoms with E-state index in [0.717, 1.165) is 0 Å². The van der Waals surface area contributed by atoms with E-state index in [9.17, 15) is 14.0 Å². The van der Waals surface area contributed by atoms with Gasteiger partial charge in [0, 0.05) is 16.8 Å². The van der Waals surface area contributed by atoms with Crippen molar-refractivity contribution < 1.29 is 18.7 Å². The average Bonchev–Trinajstić information content (AvgIpc) is 2.53.